The third-order valence-corrected chi connectivity index (χ3v) is 10.9. The lowest BCUT2D eigenvalue weighted by atomic mass is 9.75. The summed E-state index contributed by atoms with van der Waals surface area (Å²) in [4.78, 5) is 41.0. The second-order valence-corrected chi connectivity index (χ2v) is 15.0. The minimum atomic E-state index is -1.17. The van der Waals surface area contributed by atoms with E-state index >= 15 is 0 Å². The predicted molar refractivity (Wildman–Crippen MR) is 188 cm³/mol. The van der Waals surface area contributed by atoms with Gasteiger partial charge in [-0.3, -0.25) is 14.4 Å². The van der Waals surface area contributed by atoms with Crippen molar-refractivity contribution in [2.24, 2.45) is 17.8 Å². The number of carbonyl (C=O) groups is 3. The van der Waals surface area contributed by atoms with Crippen LogP contribution in [0.1, 0.15) is 95.3 Å². The lowest BCUT2D eigenvalue weighted by molar-refractivity contribution is -0.152. The molecule has 3 N–H and O–H groups in total. The first kappa shape index (κ1) is 37.6. The molecule has 3 aliphatic rings. The summed E-state index contributed by atoms with van der Waals surface area (Å²) in [6, 6.07) is 2.36. The van der Waals surface area contributed by atoms with Crippen molar-refractivity contribution >= 4 is 40.7 Å². The number of aldehydes is 1. The van der Waals surface area contributed by atoms with Crippen LogP contribution in [0.4, 0.5) is 0 Å². The second-order valence-electron chi connectivity index (χ2n) is 13.8. The molecule has 1 aromatic rings. The first-order chi connectivity index (χ1) is 22.6. The van der Waals surface area contributed by atoms with Gasteiger partial charge in [0, 0.05) is 30.1 Å². The van der Waals surface area contributed by atoms with Gasteiger partial charge in [-0.05, 0) is 84.2 Å². The Bertz CT molecular complexity index is 1250. The van der Waals surface area contributed by atoms with E-state index in [0.29, 0.717) is 44.0 Å². The number of hydrogen-bond acceptors (Lipinski definition) is 8. The quantitative estimate of drug-likeness (QED) is 0.144. The molecule has 0 aliphatic heterocycles. The minimum absolute atomic E-state index is 0.00496. The van der Waals surface area contributed by atoms with Crippen molar-refractivity contribution in [2.45, 2.75) is 115 Å². The molecule has 3 aliphatic carbocycles. The molecule has 262 valence electrons. The summed E-state index contributed by atoms with van der Waals surface area (Å²) in [5.74, 6) is 1.45. The lowest BCUT2D eigenvalue weighted by Gasteiger charge is -2.44. The van der Waals surface area contributed by atoms with E-state index in [-0.39, 0.29) is 50.1 Å². The number of hydrogen-bond donors (Lipinski definition) is 3. The molecule has 0 saturated heterocycles. The van der Waals surface area contributed by atoms with E-state index in [4.69, 9.17) is 14.2 Å². The van der Waals surface area contributed by atoms with Crippen molar-refractivity contribution in [1.82, 2.24) is 10.2 Å². The van der Waals surface area contributed by atoms with Crippen molar-refractivity contribution < 1.29 is 38.8 Å². The Morgan fingerprint density at radius 3 is 2.49 bits per heavy atom. The zero-order valence-corrected chi connectivity index (χ0v) is 30.4. The number of amides is 2. The zero-order chi connectivity index (χ0) is 34.1. The summed E-state index contributed by atoms with van der Waals surface area (Å²) < 4.78 is 19.0. The van der Waals surface area contributed by atoms with Crippen LogP contribution in [0.3, 0.4) is 0 Å². The summed E-state index contributed by atoms with van der Waals surface area (Å²) in [6.45, 7) is 6.44. The Morgan fingerprint density at radius 1 is 1.13 bits per heavy atom. The molecule has 6 atom stereocenters. The van der Waals surface area contributed by atoms with E-state index in [2.05, 4.69) is 48.7 Å². The lowest BCUT2D eigenvalue weighted by Crippen LogP contribution is -2.59. The van der Waals surface area contributed by atoms with Gasteiger partial charge in [-0.15, -0.1) is 0 Å². The molecule has 10 nitrogen and oxygen atoms in total. The van der Waals surface area contributed by atoms with Crippen molar-refractivity contribution in [3.63, 3.8) is 0 Å². The standard InChI is InChI=1S/C36H53IN2O8/c1-22(2)27-12-11-23(3)15-30(27)46-21-33(42)39(26-9-7-5-6-8-10-26)29-18-25(36(44)38-13-14-40)19-31(34(29)43)47-35-28(37)16-24(20-41)17-32(35)45-4/h16-17,19-20,22-23,26-27,29-31,34,40,43H,5-15,18,21H2,1-4H3,(H,38,44)/t23-,27+,29+,30-,31-,34-/m0/s1. The highest BCUT2D eigenvalue weighted by molar-refractivity contribution is 14.1. The zero-order valence-electron chi connectivity index (χ0n) is 28.3. The van der Waals surface area contributed by atoms with E-state index < -0.39 is 18.2 Å². The summed E-state index contributed by atoms with van der Waals surface area (Å²) in [7, 11) is 1.47. The first-order valence-electron chi connectivity index (χ1n) is 17.3. The number of rotatable bonds is 13. The Hall–Kier alpha value is -2.22. The van der Waals surface area contributed by atoms with Gasteiger partial charge >= 0.3 is 0 Å². The molecular formula is C36H53IN2O8. The van der Waals surface area contributed by atoms with E-state index in [1.54, 1.807) is 18.2 Å². The highest BCUT2D eigenvalue weighted by Crippen LogP contribution is 2.39. The van der Waals surface area contributed by atoms with Crippen molar-refractivity contribution in [1.29, 1.82) is 0 Å². The monoisotopic (exact) mass is 768 g/mol. The highest BCUT2D eigenvalue weighted by Gasteiger charge is 2.44. The van der Waals surface area contributed by atoms with E-state index in [1.807, 2.05) is 4.90 Å². The molecule has 11 heteroatoms. The summed E-state index contributed by atoms with van der Waals surface area (Å²) >= 11 is 2.05. The van der Waals surface area contributed by atoms with Gasteiger partial charge in [0.05, 0.1) is 29.4 Å². The smallest absolute Gasteiger partial charge is 0.249 e. The van der Waals surface area contributed by atoms with Crippen LogP contribution in [-0.4, -0.2) is 90.5 Å². The molecule has 0 unspecified atom stereocenters. The van der Waals surface area contributed by atoms with Gasteiger partial charge in [0.25, 0.3) is 0 Å². The largest absolute Gasteiger partial charge is 0.493 e. The van der Waals surface area contributed by atoms with Crippen molar-refractivity contribution in [3.05, 3.63) is 32.9 Å². The number of aliphatic hydroxyl groups excluding tert-OH is 2. The van der Waals surface area contributed by atoms with E-state index in [1.165, 1.54) is 7.11 Å². The fourth-order valence-corrected chi connectivity index (χ4v) is 8.31. The molecule has 0 radical (unpaired) electrons. The fourth-order valence-electron chi connectivity index (χ4n) is 7.56. The Balaban J connectivity index is 1.68. The van der Waals surface area contributed by atoms with Crippen LogP contribution in [0.2, 0.25) is 0 Å². The molecule has 2 saturated carbocycles. The van der Waals surface area contributed by atoms with Crippen LogP contribution in [0.15, 0.2) is 23.8 Å². The van der Waals surface area contributed by atoms with Crippen LogP contribution in [0.5, 0.6) is 11.5 Å². The number of nitrogens with zero attached hydrogens (tertiary/aromatic N) is 1. The van der Waals surface area contributed by atoms with Gasteiger partial charge in [-0.2, -0.15) is 0 Å². The van der Waals surface area contributed by atoms with Gasteiger partial charge in [-0.1, -0.05) is 52.9 Å². The topological polar surface area (TPSA) is 135 Å². The maximum Gasteiger partial charge on any atom is 0.249 e. The summed E-state index contributed by atoms with van der Waals surface area (Å²) in [6.07, 6.45) is 9.20. The Labute approximate surface area is 293 Å². The molecule has 0 spiro atoms. The summed E-state index contributed by atoms with van der Waals surface area (Å²) in [5.41, 5.74) is 0.781. The number of halogens is 1. The normalized spacial score (nSPS) is 27.0. The fraction of sp³-hybridized carbons (Fsp3) is 0.694. The number of ether oxygens (including phenoxy) is 3. The maximum atomic E-state index is 14.4. The molecule has 47 heavy (non-hydrogen) atoms. The second kappa shape index (κ2) is 18.0. The minimum Gasteiger partial charge on any atom is -0.493 e. The molecule has 0 heterocycles. The Morgan fingerprint density at radius 2 is 1.85 bits per heavy atom. The molecule has 1 aromatic carbocycles. The van der Waals surface area contributed by atoms with E-state index in [9.17, 15) is 24.6 Å². The number of nitrogens with one attached hydrogen (secondary N) is 1. The van der Waals surface area contributed by atoms with Crippen LogP contribution in [0, 0.1) is 21.3 Å². The van der Waals surface area contributed by atoms with Gasteiger partial charge in [0.2, 0.25) is 11.8 Å². The number of aliphatic hydroxyl groups is 2. The van der Waals surface area contributed by atoms with E-state index in [0.717, 1.165) is 64.1 Å². The molecule has 0 aromatic heterocycles. The number of benzene rings is 1. The highest BCUT2D eigenvalue weighted by atomic mass is 127. The third-order valence-electron chi connectivity index (χ3n) is 10.1. The van der Waals surface area contributed by atoms with Crippen LogP contribution in [0.25, 0.3) is 0 Å². The van der Waals surface area contributed by atoms with Crippen LogP contribution < -0.4 is 14.8 Å². The van der Waals surface area contributed by atoms with Gasteiger partial charge in [0.15, 0.2) is 11.5 Å². The SMILES string of the molecule is COc1cc(C=O)cc(I)c1O[C@H]1C=C(C(=O)NCCO)C[C@@H](N(C(=O)CO[C@H]2C[C@@H](C)CC[C@@H]2C(C)C)C2CCCCCC2)[C@@H]1O. The molecule has 4 rings (SSSR count). The maximum absolute atomic E-state index is 14.4. The molecule has 2 fully saturated rings. The Kier molecular flexibility index (Phi) is 14.4. The summed E-state index contributed by atoms with van der Waals surface area (Å²) in [5, 5.41) is 24.1. The third kappa shape index (κ3) is 9.70. The molecule has 0 bridgehead atoms. The van der Waals surface area contributed by atoms with Crippen molar-refractivity contribution in [2.75, 3.05) is 26.9 Å². The van der Waals surface area contributed by atoms with Crippen LogP contribution in [-0.2, 0) is 14.3 Å². The first-order valence-corrected chi connectivity index (χ1v) is 18.4. The van der Waals surface area contributed by atoms with Crippen molar-refractivity contribution in [3.8, 4) is 11.5 Å². The van der Waals surface area contributed by atoms with Crippen LogP contribution >= 0.6 is 22.6 Å². The average molecular weight is 769 g/mol. The van der Waals surface area contributed by atoms with Gasteiger partial charge < -0.3 is 34.6 Å². The molecular weight excluding hydrogens is 715 g/mol. The number of methoxy groups -OCH3 is 1. The number of carbonyl (C=O) groups excluding carboxylic acids is 3. The average Bonchev–Trinajstić information content (AvgIpc) is 3.34. The molecule has 2 amide bonds. The van der Waals surface area contributed by atoms with Gasteiger partial charge in [-0.25, -0.2) is 0 Å². The predicted octanol–water partition coefficient (Wildman–Crippen LogP) is 5.06. The van der Waals surface area contributed by atoms with Gasteiger partial charge in [0.1, 0.15) is 25.1 Å².